The minimum absolute atomic E-state index is 0.0111. The van der Waals surface area contributed by atoms with E-state index in [0.29, 0.717) is 18.0 Å². The highest BCUT2D eigenvalue weighted by atomic mass is 16.6. The molecule has 1 aromatic carbocycles. The number of nitrogens with one attached hydrogen (secondary N) is 1. The van der Waals surface area contributed by atoms with Gasteiger partial charge in [-0.25, -0.2) is 0 Å². The lowest BCUT2D eigenvalue weighted by molar-refractivity contribution is -0.384. The van der Waals surface area contributed by atoms with Gasteiger partial charge in [0.25, 0.3) is 5.69 Å². The molecule has 1 aromatic rings. The Bertz CT molecular complexity index is 492. The van der Waals surface area contributed by atoms with Crippen LogP contribution >= 0.6 is 0 Å². The van der Waals surface area contributed by atoms with E-state index in [1.54, 1.807) is 6.07 Å². The second-order valence-corrected chi connectivity index (χ2v) is 4.98. The number of nitro benzene ring substituents is 1. The molecule has 0 spiro atoms. The summed E-state index contributed by atoms with van der Waals surface area (Å²) in [5.74, 6) is 0.465. The first-order valence-electron chi connectivity index (χ1n) is 6.18. The Morgan fingerprint density at radius 1 is 1.53 bits per heavy atom. The quantitative estimate of drug-likeness (QED) is 0.669. The first-order valence-corrected chi connectivity index (χ1v) is 6.18. The highest BCUT2D eigenvalue weighted by Crippen LogP contribution is 2.33. The van der Waals surface area contributed by atoms with E-state index in [2.05, 4.69) is 12.2 Å². The van der Waals surface area contributed by atoms with Crippen molar-refractivity contribution in [3.05, 3.63) is 28.3 Å². The van der Waals surface area contributed by atoms with Crippen LogP contribution in [0.5, 0.6) is 5.75 Å². The van der Waals surface area contributed by atoms with Crippen molar-refractivity contribution in [3.8, 4) is 5.75 Å². The largest absolute Gasteiger partial charge is 0.496 e. The Labute approximate surface area is 111 Å². The molecule has 0 saturated carbocycles. The van der Waals surface area contributed by atoms with Crippen molar-refractivity contribution in [2.45, 2.75) is 31.9 Å². The minimum Gasteiger partial charge on any atom is -0.496 e. The van der Waals surface area contributed by atoms with Gasteiger partial charge in [0.05, 0.1) is 29.7 Å². The van der Waals surface area contributed by atoms with Crippen molar-refractivity contribution < 1.29 is 14.4 Å². The predicted octanol–water partition coefficient (Wildman–Crippen LogP) is 2.58. The van der Waals surface area contributed by atoms with Crippen molar-refractivity contribution >= 4 is 11.4 Å². The fourth-order valence-corrected chi connectivity index (χ4v) is 2.21. The van der Waals surface area contributed by atoms with Crippen LogP contribution in [-0.2, 0) is 4.74 Å². The summed E-state index contributed by atoms with van der Waals surface area (Å²) in [4.78, 5) is 10.5. The van der Waals surface area contributed by atoms with Gasteiger partial charge in [0.1, 0.15) is 5.75 Å². The smallest absolute Gasteiger partial charge is 0.275 e. The Balaban J connectivity index is 2.29. The lowest BCUT2D eigenvalue weighted by Gasteiger charge is -2.30. The van der Waals surface area contributed by atoms with E-state index in [1.165, 1.54) is 19.2 Å². The van der Waals surface area contributed by atoms with Gasteiger partial charge in [-0.1, -0.05) is 0 Å². The molecule has 0 radical (unpaired) electrons. The third-order valence-corrected chi connectivity index (χ3v) is 3.65. The van der Waals surface area contributed by atoms with E-state index in [4.69, 9.17) is 9.47 Å². The number of nitro groups is 1. The summed E-state index contributed by atoms with van der Waals surface area (Å²) in [5, 5.41) is 14.2. The first kappa shape index (κ1) is 13.6. The molecule has 0 aromatic heterocycles. The summed E-state index contributed by atoms with van der Waals surface area (Å²) < 4.78 is 10.6. The van der Waals surface area contributed by atoms with Gasteiger partial charge < -0.3 is 14.8 Å². The molecule has 1 aliphatic heterocycles. The highest BCUT2D eigenvalue weighted by Gasteiger charge is 2.37. The molecule has 1 N–H and O–H groups in total. The number of hydrogen-bond donors (Lipinski definition) is 1. The standard InChI is InChI=1S/C13H18N2O4/c1-9-13(2,4-5-19-9)14-10-6-11(15(16)17)8-12(7-10)18-3/h6-9,14H,4-5H2,1-3H3. The van der Waals surface area contributed by atoms with Crippen LogP contribution in [0.1, 0.15) is 20.3 Å². The summed E-state index contributed by atoms with van der Waals surface area (Å²) in [6, 6.07) is 4.67. The fraction of sp³-hybridized carbons (Fsp3) is 0.538. The van der Waals surface area contributed by atoms with Gasteiger partial charge in [-0.2, -0.15) is 0 Å². The molecule has 0 aliphatic carbocycles. The van der Waals surface area contributed by atoms with Crippen LogP contribution in [0.4, 0.5) is 11.4 Å². The Hall–Kier alpha value is -1.82. The molecule has 6 heteroatoms. The van der Waals surface area contributed by atoms with E-state index >= 15 is 0 Å². The summed E-state index contributed by atoms with van der Waals surface area (Å²) >= 11 is 0. The zero-order valence-corrected chi connectivity index (χ0v) is 11.3. The topological polar surface area (TPSA) is 73.6 Å². The monoisotopic (exact) mass is 266 g/mol. The maximum Gasteiger partial charge on any atom is 0.275 e. The molecule has 1 aliphatic rings. The second-order valence-electron chi connectivity index (χ2n) is 4.98. The van der Waals surface area contributed by atoms with Crippen molar-refractivity contribution in [2.75, 3.05) is 19.0 Å². The molecule has 1 saturated heterocycles. The second kappa shape index (κ2) is 5.05. The van der Waals surface area contributed by atoms with Gasteiger partial charge in [0.2, 0.25) is 0 Å². The number of hydrogen-bond acceptors (Lipinski definition) is 5. The number of nitrogens with zero attached hydrogens (tertiary/aromatic N) is 1. The van der Waals surface area contributed by atoms with Gasteiger partial charge >= 0.3 is 0 Å². The molecule has 19 heavy (non-hydrogen) atoms. The molecule has 2 rings (SSSR count). The number of non-ortho nitro benzene ring substituents is 1. The van der Waals surface area contributed by atoms with Gasteiger partial charge in [0.15, 0.2) is 0 Å². The zero-order valence-electron chi connectivity index (χ0n) is 11.3. The van der Waals surface area contributed by atoms with Crippen molar-refractivity contribution in [1.82, 2.24) is 0 Å². The average Bonchev–Trinajstić information content (AvgIpc) is 2.68. The van der Waals surface area contributed by atoms with Crippen LogP contribution in [0, 0.1) is 10.1 Å². The van der Waals surface area contributed by atoms with Crippen LogP contribution in [0.2, 0.25) is 0 Å². The van der Waals surface area contributed by atoms with Gasteiger partial charge in [-0.15, -0.1) is 0 Å². The number of anilines is 1. The van der Waals surface area contributed by atoms with E-state index in [-0.39, 0.29) is 17.3 Å². The Kier molecular flexibility index (Phi) is 3.61. The van der Waals surface area contributed by atoms with E-state index in [0.717, 1.165) is 6.42 Å². The predicted molar refractivity (Wildman–Crippen MR) is 71.7 cm³/mol. The summed E-state index contributed by atoms with van der Waals surface area (Å²) in [6.45, 7) is 4.74. The third kappa shape index (κ3) is 2.78. The average molecular weight is 266 g/mol. The normalized spacial score (nSPS) is 26.2. The number of methoxy groups -OCH3 is 1. The van der Waals surface area contributed by atoms with Crippen molar-refractivity contribution in [2.24, 2.45) is 0 Å². The highest BCUT2D eigenvalue weighted by molar-refractivity contribution is 5.57. The summed E-state index contributed by atoms with van der Waals surface area (Å²) in [6.07, 6.45) is 0.914. The summed E-state index contributed by atoms with van der Waals surface area (Å²) in [5.41, 5.74) is 0.461. The summed E-state index contributed by atoms with van der Waals surface area (Å²) in [7, 11) is 1.49. The maximum absolute atomic E-state index is 10.9. The number of ether oxygens (including phenoxy) is 2. The molecule has 6 nitrogen and oxygen atoms in total. The Morgan fingerprint density at radius 3 is 2.79 bits per heavy atom. The zero-order chi connectivity index (χ0) is 14.0. The molecule has 104 valence electrons. The molecular weight excluding hydrogens is 248 g/mol. The number of benzene rings is 1. The van der Waals surface area contributed by atoms with E-state index < -0.39 is 4.92 Å². The van der Waals surface area contributed by atoms with Gasteiger partial charge in [0, 0.05) is 24.4 Å². The van der Waals surface area contributed by atoms with E-state index in [1.807, 2.05) is 6.92 Å². The first-order chi connectivity index (χ1) is 8.94. The number of rotatable bonds is 4. The van der Waals surface area contributed by atoms with E-state index in [9.17, 15) is 10.1 Å². The molecule has 2 unspecified atom stereocenters. The lowest BCUT2D eigenvalue weighted by atomic mass is 9.94. The lowest BCUT2D eigenvalue weighted by Crippen LogP contribution is -2.41. The van der Waals surface area contributed by atoms with Gasteiger partial charge in [-0.05, 0) is 20.3 Å². The molecular formula is C13H18N2O4. The molecule has 0 amide bonds. The van der Waals surface area contributed by atoms with Crippen molar-refractivity contribution in [3.63, 3.8) is 0 Å². The molecule has 1 heterocycles. The van der Waals surface area contributed by atoms with Crippen LogP contribution in [0.25, 0.3) is 0 Å². The van der Waals surface area contributed by atoms with Crippen LogP contribution < -0.4 is 10.1 Å². The fourth-order valence-electron chi connectivity index (χ4n) is 2.21. The van der Waals surface area contributed by atoms with Crippen LogP contribution in [-0.4, -0.2) is 30.3 Å². The third-order valence-electron chi connectivity index (χ3n) is 3.65. The van der Waals surface area contributed by atoms with Crippen LogP contribution in [0.3, 0.4) is 0 Å². The van der Waals surface area contributed by atoms with Gasteiger partial charge in [-0.3, -0.25) is 10.1 Å². The molecule has 2 atom stereocenters. The van der Waals surface area contributed by atoms with Crippen LogP contribution in [0.15, 0.2) is 18.2 Å². The minimum atomic E-state index is -0.426. The molecule has 1 fully saturated rings. The molecule has 0 bridgehead atoms. The SMILES string of the molecule is COc1cc(NC2(C)CCOC2C)cc([N+](=O)[O-])c1. The van der Waals surface area contributed by atoms with Crippen molar-refractivity contribution in [1.29, 1.82) is 0 Å². The maximum atomic E-state index is 10.9. The Morgan fingerprint density at radius 2 is 2.26 bits per heavy atom.